The number of hydrogen-bond donors (Lipinski definition) is 1. The number of amides is 1. The van der Waals surface area contributed by atoms with Crippen LogP contribution in [-0.2, 0) is 6.42 Å². The Kier molecular flexibility index (Phi) is 4.50. The highest BCUT2D eigenvalue weighted by Crippen LogP contribution is 2.22. The van der Waals surface area contributed by atoms with Crippen molar-refractivity contribution in [3.05, 3.63) is 56.5 Å². The number of halogens is 2. The fraction of sp³-hybridized carbons (Fsp3) is 0.188. The molecule has 0 aliphatic heterocycles. The van der Waals surface area contributed by atoms with Crippen molar-refractivity contribution in [3.63, 3.8) is 0 Å². The van der Waals surface area contributed by atoms with Gasteiger partial charge in [0, 0.05) is 21.3 Å². The highest BCUT2D eigenvalue weighted by Gasteiger charge is 2.20. The van der Waals surface area contributed by atoms with Gasteiger partial charge in [-0.3, -0.25) is 9.20 Å². The zero-order valence-corrected chi connectivity index (χ0v) is 15.8. The number of fused-ring (bicyclic) bond motifs is 1. The number of aromatic nitrogens is 3. The fourth-order valence-electron chi connectivity index (χ4n) is 2.43. The molecule has 7 heteroatoms. The van der Waals surface area contributed by atoms with E-state index >= 15 is 0 Å². The molecule has 23 heavy (non-hydrogen) atoms. The van der Waals surface area contributed by atoms with E-state index in [2.05, 4.69) is 47.1 Å². The number of hydrogen-bond acceptors (Lipinski definition) is 3. The molecule has 0 saturated heterocycles. The lowest BCUT2D eigenvalue weighted by atomic mass is 10.2. The Morgan fingerprint density at radius 1 is 1.30 bits per heavy atom. The highest BCUT2D eigenvalue weighted by atomic mass is 79.9. The summed E-state index contributed by atoms with van der Waals surface area (Å²) < 4.78 is 3.59. The zero-order chi connectivity index (χ0) is 16.6. The summed E-state index contributed by atoms with van der Waals surface area (Å²) in [4.78, 5) is 21.5. The minimum atomic E-state index is -0.221. The average Bonchev–Trinajstić information content (AvgIpc) is 2.88. The smallest absolute Gasteiger partial charge is 0.275 e. The van der Waals surface area contributed by atoms with Crippen molar-refractivity contribution in [2.75, 3.05) is 5.32 Å². The summed E-state index contributed by atoms with van der Waals surface area (Å²) in [5.74, 6) is 0.281. The second kappa shape index (κ2) is 6.41. The molecule has 0 aliphatic rings. The van der Waals surface area contributed by atoms with Gasteiger partial charge in [-0.25, -0.2) is 9.97 Å². The molecule has 0 saturated carbocycles. The Morgan fingerprint density at radius 3 is 2.74 bits per heavy atom. The molecule has 0 aromatic carbocycles. The minimum Gasteiger partial charge on any atom is -0.305 e. The molecule has 0 atom stereocenters. The van der Waals surface area contributed by atoms with Crippen molar-refractivity contribution < 1.29 is 4.79 Å². The van der Waals surface area contributed by atoms with Gasteiger partial charge >= 0.3 is 0 Å². The van der Waals surface area contributed by atoms with E-state index < -0.39 is 0 Å². The molecule has 3 aromatic heterocycles. The number of nitrogens with zero attached hydrogens (tertiary/aromatic N) is 3. The molecule has 3 aromatic rings. The summed E-state index contributed by atoms with van der Waals surface area (Å²) in [6.45, 7) is 3.96. The molecule has 1 N–H and O–H groups in total. The molecule has 118 valence electrons. The SMILES string of the molecule is CCc1nc2c(C)cc(Br)cn2c1C(=O)Nc1ccc(Br)cn1. The van der Waals surface area contributed by atoms with Gasteiger partial charge in [-0.15, -0.1) is 0 Å². The van der Waals surface area contributed by atoms with E-state index in [1.54, 1.807) is 12.3 Å². The number of aryl methyl sites for hydroxylation is 2. The van der Waals surface area contributed by atoms with Crippen LogP contribution in [0.25, 0.3) is 5.65 Å². The molecule has 0 aliphatic carbocycles. The zero-order valence-electron chi connectivity index (χ0n) is 12.6. The van der Waals surface area contributed by atoms with E-state index in [1.807, 2.05) is 36.6 Å². The largest absolute Gasteiger partial charge is 0.305 e. The van der Waals surface area contributed by atoms with Crippen LogP contribution >= 0.6 is 31.9 Å². The number of carbonyl (C=O) groups excluding carboxylic acids is 1. The van der Waals surface area contributed by atoms with Crippen LogP contribution in [0.15, 0.2) is 39.5 Å². The van der Waals surface area contributed by atoms with Crippen LogP contribution in [0, 0.1) is 6.92 Å². The molecule has 5 nitrogen and oxygen atoms in total. The van der Waals surface area contributed by atoms with Gasteiger partial charge in [-0.1, -0.05) is 6.92 Å². The van der Waals surface area contributed by atoms with Crippen LogP contribution in [0.1, 0.15) is 28.7 Å². The van der Waals surface area contributed by atoms with E-state index in [1.165, 1.54) is 0 Å². The molecule has 1 amide bonds. The number of pyridine rings is 2. The van der Waals surface area contributed by atoms with Crippen LogP contribution < -0.4 is 5.32 Å². The molecule has 3 rings (SSSR count). The molecule has 3 heterocycles. The summed E-state index contributed by atoms with van der Waals surface area (Å²) in [5, 5.41) is 2.83. The molecular weight excluding hydrogens is 424 g/mol. The van der Waals surface area contributed by atoms with Gasteiger partial charge in [-0.2, -0.15) is 0 Å². The summed E-state index contributed by atoms with van der Waals surface area (Å²) in [6, 6.07) is 5.57. The Bertz CT molecular complexity index is 887. The summed E-state index contributed by atoms with van der Waals surface area (Å²) in [7, 11) is 0. The van der Waals surface area contributed by atoms with Crippen LogP contribution in [-0.4, -0.2) is 20.3 Å². The van der Waals surface area contributed by atoms with Crippen molar-refractivity contribution in [1.82, 2.24) is 14.4 Å². The van der Waals surface area contributed by atoms with E-state index in [0.29, 0.717) is 17.9 Å². The number of rotatable bonds is 3. The number of nitrogens with one attached hydrogen (secondary N) is 1. The van der Waals surface area contributed by atoms with Gasteiger partial charge in [0.05, 0.1) is 5.69 Å². The normalized spacial score (nSPS) is 11.0. The second-order valence-corrected chi connectivity index (χ2v) is 6.94. The maximum atomic E-state index is 12.7. The lowest BCUT2D eigenvalue weighted by molar-refractivity contribution is 0.102. The van der Waals surface area contributed by atoms with Gasteiger partial charge in [0.1, 0.15) is 17.2 Å². The summed E-state index contributed by atoms with van der Waals surface area (Å²) in [5.41, 5.74) is 3.10. The summed E-state index contributed by atoms with van der Waals surface area (Å²) >= 11 is 6.80. The molecule has 0 bridgehead atoms. The summed E-state index contributed by atoms with van der Waals surface area (Å²) in [6.07, 6.45) is 4.18. The van der Waals surface area contributed by atoms with E-state index in [4.69, 9.17) is 0 Å². The Morgan fingerprint density at radius 2 is 2.09 bits per heavy atom. The standard InChI is InChI=1S/C16H14Br2N4O/c1-3-12-14(16(23)21-13-5-4-10(17)7-19-13)22-8-11(18)6-9(2)15(22)20-12/h4-8H,3H2,1-2H3,(H,19,21,23). The van der Waals surface area contributed by atoms with Crippen molar-refractivity contribution in [1.29, 1.82) is 0 Å². The molecular formula is C16H14Br2N4O. The van der Waals surface area contributed by atoms with Crippen LogP contribution in [0.5, 0.6) is 0 Å². The lowest BCUT2D eigenvalue weighted by Crippen LogP contribution is -2.17. The number of anilines is 1. The first kappa shape index (κ1) is 16.1. The maximum Gasteiger partial charge on any atom is 0.275 e. The number of carbonyl (C=O) groups is 1. The van der Waals surface area contributed by atoms with E-state index in [9.17, 15) is 4.79 Å². The van der Waals surface area contributed by atoms with Crippen molar-refractivity contribution in [2.24, 2.45) is 0 Å². The van der Waals surface area contributed by atoms with Crippen molar-refractivity contribution in [2.45, 2.75) is 20.3 Å². The number of imidazole rings is 1. The van der Waals surface area contributed by atoms with Gasteiger partial charge in [-0.05, 0) is 69.0 Å². The second-order valence-electron chi connectivity index (χ2n) is 5.11. The minimum absolute atomic E-state index is 0.221. The van der Waals surface area contributed by atoms with Crippen molar-refractivity contribution >= 4 is 49.2 Å². The molecule has 0 fully saturated rings. The Hall–Kier alpha value is -1.73. The van der Waals surface area contributed by atoms with E-state index in [-0.39, 0.29) is 5.91 Å². The first-order chi connectivity index (χ1) is 11.0. The van der Waals surface area contributed by atoms with Gasteiger partial charge in [0.2, 0.25) is 0 Å². The highest BCUT2D eigenvalue weighted by molar-refractivity contribution is 9.10. The first-order valence-electron chi connectivity index (χ1n) is 7.09. The predicted molar refractivity (Wildman–Crippen MR) is 96.9 cm³/mol. The first-order valence-corrected chi connectivity index (χ1v) is 8.68. The third-order valence-corrected chi connectivity index (χ3v) is 4.36. The van der Waals surface area contributed by atoms with Crippen molar-refractivity contribution in [3.8, 4) is 0 Å². The van der Waals surface area contributed by atoms with Gasteiger partial charge < -0.3 is 5.32 Å². The molecule has 0 radical (unpaired) electrons. The van der Waals surface area contributed by atoms with E-state index in [0.717, 1.165) is 25.8 Å². The Labute approximate surface area is 150 Å². The monoisotopic (exact) mass is 436 g/mol. The maximum absolute atomic E-state index is 12.7. The van der Waals surface area contributed by atoms with Gasteiger partial charge in [0.15, 0.2) is 0 Å². The predicted octanol–water partition coefficient (Wildman–Crippen LogP) is 4.38. The van der Waals surface area contributed by atoms with Gasteiger partial charge in [0.25, 0.3) is 5.91 Å². The molecule has 0 spiro atoms. The van der Waals surface area contributed by atoms with Crippen LogP contribution in [0.2, 0.25) is 0 Å². The topological polar surface area (TPSA) is 59.3 Å². The lowest BCUT2D eigenvalue weighted by Gasteiger charge is -2.07. The van der Waals surface area contributed by atoms with Crippen LogP contribution in [0.3, 0.4) is 0 Å². The quantitative estimate of drug-likeness (QED) is 0.661. The fourth-order valence-corrected chi connectivity index (χ4v) is 3.21. The third kappa shape index (κ3) is 3.16. The Balaban J connectivity index is 2.07. The molecule has 0 unspecified atom stereocenters. The van der Waals surface area contributed by atoms with Crippen LogP contribution in [0.4, 0.5) is 5.82 Å². The third-order valence-electron chi connectivity index (χ3n) is 3.46. The average molecular weight is 438 g/mol.